The van der Waals surface area contributed by atoms with Crippen LogP contribution in [0.3, 0.4) is 0 Å². The molecule has 0 aliphatic carbocycles. The Bertz CT molecular complexity index is 1370. The Hall–Kier alpha value is -3.22. The fraction of sp³-hybridized carbons (Fsp3) is 0.0870. The number of hydrogen-bond acceptors (Lipinski definition) is 4. The van der Waals surface area contributed by atoms with E-state index in [1.165, 1.54) is 4.40 Å². The SMILES string of the molecule is Cc1ccc(-c2c(C(=O)O)sc3nc(C=Cc4cccc(C)c4)c(Cl)c(=O)n23)cc1. The summed E-state index contributed by atoms with van der Waals surface area (Å²) in [5.74, 6) is -1.12. The summed E-state index contributed by atoms with van der Waals surface area (Å²) in [6.45, 7) is 3.93. The second-order valence-corrected chi connectivity index (χ2v) is 8.29. The zero-order valence-electron chi connectivity index (χ0n) is 16.2. The molecular weight excluding hydrogens is 420 g/mol. The Labute approximate surface area is 181 Å². The lowest BCUT2D eigenvalue weighted by Gasteiger charge is -2.05. The van der Waals surface area contributed by atoms with Gasteiger partial charge < -0.3 is 5.11 Å². The van der Waals surface area contributed by atoms with Crippen molar-refractivity contribution in [2.24, 2.45) is 0 Å². The van der Waals surface area contributed by atoms with E-state index < -0.39 is 11.5 Å². The topological polar surface area (TPSA) is 71.7 Å². The second-order valence-electron chi connectivity index (χ2n) is 6.93. The largest absolute Gasteiger partial charge is 0.477 e. The van der Waals surface area contributed by atoms with Crippen LogP contribution in [0, 0.1) is 13.8 Å². The number of rotatable bonds is 4. The molecule has 2 aromatic heterocycles. The van der Waals surface area contributed by atoms with Gasteiger partial charge in [0.2, 0.25) is 0 Å². The number of nitrogens with zero attached hydrogens (tertiary/aromatic N) is 2. The zero-order valence-corrected chi connectivity index (χ0v) is 17.8. The number of benzene rings is 2. The molecule has 0 bridgehead atoms. The third-order valence-corrected chi connectivity index (χ3v) is 6.03. The highest BCUT2D eigenvalue weighted by Gasteiger charge is 2.23. The van der Waals surface area contributed by atoms with Gasteiger partial charge in [0.1, 0.15) is 9.90 Å². The molecule has 0 radical (unpaired) electrons. The lowest BCUT2D eigenvalue weighted by Crippen LogP contribution is -2.17. The van der Waals surface area contributed by atoms with Crippen molar-refractivity contribution in [1.82, 2.24) is 9.38 Å². The van der Waals surface area contributed by atoms with Crippen molar-refractivity contribution < 1.29 is 9.90 Å². The van der Waals surface area contributed by atoms with Crippen LogP contribution in [-0.2, 0) is 0 Å². The molecule has 0 fully saturated rings. The van der Waals surface area contributed by atoms with Crippen molar-refractivity contribution in [3.05, 3.63) is 91.2 Å². The molecule has 0 saturated heterocycles. The summed E-state index contributed by atoms with van der Waals surface area (Å²) in [4.78, 5) is 29.8. The highest BCUT2D eigenvalue weighted by molar-refractivity contribution is 7.19. The van der Waals surface area contributed by atoms with Gasteiger partial charge in [0, 0.05) is 5.56 Å². The lowest BCUT2D eigenvalue weighted by atomic mass is 10.1. The van der Waals surface area contributed by atoms with Gasteiger partial charge in [-0.1, -0.05) is 88.7 Å². The van der Waals surface area contributed by atoms with Gasteiger partial charge in [0.15, 0.2) is 4.96 Å². The number of aromatic carboxylic acids is 1. The summed E-state index contributed by atoms with van der Waals surface area (Å²) in [5, 5.41) is 9.65. The van der Waals surface area contributed by atoms with E-state index in [1.807, 2.05) is 56.3 Å². The summed E-state index contributed by atoms with van der Waals surface area (Å²) in [6, 6.07) is 15.2. The van der Waals surface area contributed by atoms with Crippen molar-refractivity contribution >= 4 is 46.0 Å². The summed E-state index contributed by atoms with van der Waals surface area (Å²) in [6.07, 6.45) is 3.49. The van der Waals surface area contributed by atoms with Gasteiger partial charge in [-0.15, -0.1) is 0 Å². The van der Waals surface area contributed by atoms with Crippen LogP contribution in [0.25, 0.3) is 28.4 Å². The minimum absolute atomic E-state index is 0.0410. The molecule has 7 heteroatoms. The first-order valence-electron chi connectivity index (χ1n) is 9.15. The molecule has 30 heavy (non-hydrogen) atoms. The number of aromatic nitrogens is 2. The van der Waals surface area contributed by atoms with Gasteiger partial charge in [-0.05, 0) is 25.5 Å². The van der Waals surface area contributed by atoms with Crippen molar-refractivity contribution in [3.63, 3.8) is 0 Å². The number of halogens is 1. The number of aryl methyl sites for hydroxylation is 2. The van der Waals surface area contributed by atoms with E-state index in [0.29, 0.717) is 11.3 Å². The van der Waals surface area contributed by atoms with Gasteiger partial charge in [-0.25, -0.2) is 14.2 Å². The van der Waals surface area contributed by atoms with Gasteiger partial charge in [-0.3, -0.25) is 4.79 Å². The maximum Gasteiger partial charge on any atom is 0.348 e. The Morgan fingerprint density at radius 1 is 1.10 bits per heavy atom. The van der Waals surface area contributed by atoms with Crippen molar-refractivity contribution in [3.8, 4) is 11.3 Å². The number of carbonyl (C=O) groups is 1. The molecule has 0 atom stereocenters. The van der Waals surface area contributed by atoms with Crippen molar-refractivity contribution in [2.75, 3.05) is 0 Å². The monoisotopic (exact) mass is 436 g/mol. The number of carboxylic acid groups (broad SMARTS) is 1. The van der Waals surface area contributed by atoms with Gasteiger partial charge in [0.05, 0.1) is 11.4 Å². The number of fused-ring (bicyclic) bond motifs is 1. The Balaban J connectivity index is 1.92. The molecule has 0 spiro atoms. The van der Waals surface area contributed by atoms with E-state index in [0.717, 1.165) is 28.0 Å². The first-order valence-corrected chi connectivity index (χ1v) is 10.3. The molecule has 2 aromatic carbocycles. The molecule has 0 amide bonds. The zero-order chi connectivity index (χ0) is 21.4. The first-order chi connectivity index (χ1) is 14.3. The molecule has 0 aliphatic rings. The molecule has 4 aromatic rings. The van der Waals surface area contributed by atoms with Crippen LogP contribution in [0.4, 0.5) is 0 Å². The average Bonchev–Trinajstić information content (AvgIpc) is 3.10. The van der Waals surface area contributed by atoms with Crippen LogP contribution < -0.4 is 5.56 Å². The predicted molar refractivity (Wildman–Crippen MR) is 122 cm³/mol. The maximum absolute atomic E-state index is 13.1. The molecule has 0 unspecified atom stereocenters. The van der Waals surface area contributed by atoms with Crippen molar-refractivity contribution in [2.45, 2.75) is 13.8 Å². The molecule has 150 valence electrons. The van der Waals surface area contributed by atoms with Gasteiger partial charge in [-0.2, -0.15) is 0 Å². The van der Waals surface area contributed by atoms with E-state index in [9.17, 15) is 14.7 Å². The normalized spacial score (nSPS) is 11.4. The van der Waals surface area contributed by atoms with Crippen LogP contribution in [0.5, 0.6) is 0 Å². The molecular formula is C23H17ClN2O3S. The third kappa shape index (κ3) is 3.67. The fourth-order valence-electron chi connectivity index (χ4n) is 3.18. The quantitative estimate of drug-likeness (QED) is 0.454. The predicted octanol–water partition coefficient (Wildman–Crippen LogP) is 5.56. The van der Waals surface area contributed by atoms with Crippen LogP contribution in [-0.4, -0.2) is 20.5 Å². The first kappa shape index (κ1) is 20.1. The average molecular weight is 437 g/mol. The minimum atomic E-state index is -1.12. The van der Waals surface area contributed by atoms with Gasteiger partial charge >= 0.3 is 5.97 Å². The van der Waals surface area contributed by atoms with Crippen molar-refractivity contribution in [1.29, 1.82) is 0 Å². The molecule has 0 aliphatic heterocycles. The van der Waals surface area contributed by atoms with Crippen LogP contribution in [0.15, 0.2) is 53.3 Å². The summed E-state index contributed by atoms with van der Waals surface area (Å²) >= 11 is 7.31. The molecule has 0 saturated carbocycles. The smallest absolute Gasteiger partial charge is 0.348 e. The molecule has 5 nitrogen and oxygen atoms in total. The highest BCUT2D eigenvalue weighted by atomic mass is 35.5. The Morgan fingerprint density at radius 3 is 2.50 bits per heavy atom. The summed E-state index contributed by atoms with van der Waals surface area (Å²) in [5.41, 5.74) is 3.80. The fourth-order valence-corrected chi connectivity index (χ4v) is 4.35. The highest BCUT2D eigenvalue weighted by Crippen LogP contribution is 2.31. The van der Waals surface area contributed by atoms with E-state index in [-0.39, 0.29) is 20.6 Å². The maximum atomic E-state index is 13.1. The number of carboxylic acids is 1. The summed E-state index contributed by atoms with van der Waals surface area (Å²) < 4.78 is 1.28. The van der Waals surface area contributed by atoms with E-state index in [2.05, 4.69) is 4.98 Å². The van der Waals surface area contributed by atoms with E-state index in [1.54, 1.807) is 18.2 Å². The summed E-state index contributed by atoms with van der Waals surface area (Å²) in [7, 11) is 0. The van der Waals surface area contributed by atoms with E-state index >= 15 is 0 Å². The molecule has 4 rings (SSSR count). The van der Waals surface area contributed by atoms with Gasteiger partial charge in [0.25, 0.3) is 5.56 Å². The lowest BCUT2D eigenvalue weighted by molar-refractivity contribution is 0.0702. The number of thiazole rings is 1. The molecule has 2 heterocycles. The molecule has 1 N–H and O–H groups in total. The van der Waals surface area contributed by atoms with Crippen LogP contribution in [0.1, 0.15) is 32.1 Å². The van der Waals surface area contributed by atoms with Crippen LogP contribution in [0.2, 0.25) is 5.02 Å². The standard InChI is InChI=1S/C23H17ClN2O3S/c1-13-6-9-16(10-7-13)19-20(22(28)29)30-23-25-17(18(24)21(27)26(19)23)11-8-15-5-3-4-14(2)12-15/h3-12H,1-2H3,(H,28,29). The number of hydrogen-bond donors (Lipinski definition) is 1. The van der Waals surface area contributed by atoms with Crippen LogP contribution >= 0.6 is 22.9 Å². The van der Waals surface area contributed by atoms with E-state index in [4.69, 9.17) is 11.6 Å². The minimum Gasteiger partial charge on any atom is -0.477 e. The second kappa shape index (κ2) is 7.89. The Kier molecular flexibility index (Phi) is 5.28. The Morgan fingerprint density at radius 2 is 1.83 bits per heavy atom. The third-order valence-electron chi connectivity index (χ3n) is 4.65.